The molecule has 0 aromatic rings. The standard InChI is InChI=1S/C5H11IN2/c1-5(2)7-3-8(6)4-7/h5H,3-4H2,1-2H3. The zero-order valence-corrected chi connectivity index (χ0v) is 7.42. The second kappa shape index (κ2) is 2.49. The summed E-state index contributed by atoms with van der Waals surface area (Å²) in [4.78, 5) is 2.41. The summed E-state index contributed by atoms with van der Waals surface area (Å²) in [5.41, 5.74) is 0. The molecule has 1 saturated heterocycles. The maximum atomic E-state index is 2.41. The Balaban J connectivity index is 2.15. The van der Waals surface area contributed by atoms with Crippen LogP contribution in [0.3, 0.4) is 0 Å². The van der Waals surface area contributed by atoms with Crippen molar-refractivity contribution in [1.82, 2.24) is 8.01 Å². The third kappa shape index (κ3) is 1.33. The molecule has 0 spiro atoms. The first-order valence-corrected chi connectivity index (χ1v) is 3.81. The van der Waals surface area contributed by atoms with Crippen LogP contribution >= 0.6 is 22.9 Å². The molecular formula is C5H11IN2. The van der Waals surface area contributed by atoms with Gasteiger partial charge in [-0.05, 0) is 13.8 Å². The van der Waals surface area contributed by atoms with E-state index in [4.69, 9.17) is 0 Å². The van der Waals surface area contributed by atoms with Gasteiger partial charge in [0, 0.05) is 28.9 Å². The van der Waals surface area contributed by atoms with Crippen molar-refractivity contribution in [1.29, 1.82) is 0 Å². The Labute approximate surface area is 64.3 Å². The Morgan fingerprint density at radius 1 is 1.38 bits per heavy atom. The molecule has 8 heavy (non-hydrogen) atoms. The number of rotatable bonds is 1. The molecule has 0 amide bonds. The average molecular weight is 226 g/mol. The fourth-order valence-corrected chi connectivity index (χ4v) is 1.46. The van der Waals surface area contributed by atoms with Gasteiger partial charge in [-0.25, -0.2) is 3.11 Å². The minimum Gasteiger partial charge on any atom is -0.274 e. The molecule has 0 aromatic carbocycles. The molecule has 0 aliphatic carbocycles. The van der Waals surface area contributed by atoms with Crippen molar-refractivity contribution in [3.63, 3.8) is 0 Å². The maximum absolute atomic E-state index is 2.41. The molecule has 0 N–H and O–H groups in total. The van der Waals surface area contributed by atoms with Crippen molar-refractivity contribution in [2.24, 2.45) is 0 Å². The van der Waals surface area contributed by atoms with Gasteiger partial charge in [0.1, 0.15) is 0 Å². The zero-order valence-electron chi connectivity index (χ0n) is 5.26. The third-order valence-corrected chi connectivity index (χ3v) is 2.01. The van der Waals surface area contributed by atoms with Crippen molar-refractivity contribution < 1.29 is 0 Å². The largest absolute Gasteiger partial charge is 0.274 e. The summed E-state index contributed by atoms with van der Waals surface area (Å²) in [5, 5.41) is 0. The van der Waals surface area contributed by atoms with Gasteiger partial charge in [0.15, 0.2) is 0 Å². The number of hydrogen-bond acceptors (Lipinski definition) is 2. The molecule has 2 nitrogen and oxygen atoms in total. The van der Waals surface area contributed by atoms with E-state index >= 15 is 0 Å². The van der Waals surface area contributed by atoms with E-state index in [1.807, 2.05) is 0 Å². The fraction of sp³-hybridized carbons (Fsp3) is 1.00. The lowest BCUT2D eigenvalue weighted by Gasteiger charge is -2.40. The highest BCUT2D eigenvalue weighted by molar-refractivity contribution is 14.1. The van der Waals surface area contributed by atoms with E-state index < -0.39 is 0 Å². The Morgan fingerprint density at radius 2 is 1.88 bits per heavy atom. The fourth-order valence-electron chi connectivity index (χ4n) is 0.679. The van der Waals surface area contributed by atoms with Gasteiger partial charge in [-0.1, -0.05) is 0 Å². The second-order valence-electron chi connectivity index (χ2n) is 2.43. The van der Waals surface area contributed by atoms with Crippen LogP contribution in [0.25, 0.3) is 0 Å². The molecule has 48 valence electrons. The quantitative estimate of drug-likeness (QED) is 0.490. The summed E-state index contributed by atoms with van der Waals surface area (Å²) in [7, 11) is 0. The first-order valence-electron chi connectivity index (χ1n) is 2.85. The summed E-state index contributed by atoms with van der Waals surface area (Å²) >= 11 is 2.33. The van der Waals surface area contributed by atoms with Gasteiger partial charge < -0.3 is 0 Å². The topological polar surface area (TPSA) is 6.48 Å². The highest BCUT2D eigenvalue weighted by atomic mass is 127. The first-order chi connectivity index (χ1) is 3.70. The predicted molar refractivity (Wildman–Crippen MR) is 42.6 cm³/mol. The first kappa shape index (κ1) is 6.77. The Morgan fingerprint density at radius 3 is 2.00 bits per heavy atom. The summed E-state index contributed by atoms with van der Waals surface area (Å²) in [6.45, 7) is 6.73. The minimum absolute atomic E-state index is 0.723. The zero-order chi connectivity index (χ0) is 6.15. The van der Waals surface area contributed by atoms with Gasteiger partial charge in [0.2, 0.25) is 0 Å². The van der Waals surface area contributed by atoms with E-state index in [9.17, 15) is 0 Å². The van der Waals surface area contributed by atoms with Crippen LogP contribution in [0.15, 0.2) is 0 Å². The lowest BCUT2D eigenvalue weighted by molar-refractivity contribution is 0.0343. The van der Waals surface area contributed by atoms with E-state index in [0.717, 1.165) is 19.4 Å². The van der Waals surface area contributed by atoms with Crippen molar-refractivity contribution in [2.75, 3.05) is 13.3 Å². The summed E-state index contributed by atoms with van der Waals surface area (Å²) in [6, 6.07) is 0.723. The van der Waals surface area contributed by atoms with Crippen LogP contribution in [0.4, 0.5) is 0 Å². The van der Waals surface area contributed by atoms with Crippen LogP contribution < -0.4 is 0 Å². The lowest BCUT2D eigenvalue weighted by Crippen LogP contribution is -2.52. The summed E-state index contributed by atoms with van der Waals surface area (Å²) < 4.78 is 2.26. The molecule has 1 aliphatic rings. The Kier molecular flexibility index (Phi) is 2.11. The Bertz CT molecular complexity index is 78.5. The van der Waals surface area contributed by atoms with Crippen LogP contribution in [0.2, 0.25) is 0 Å². The smallest absolute Gasteiger partial charge is 0.0626 e. The van der Waals surface area contributed by atoms with Gasteiger partial charge >= 0.3 is 0 Å². The van der Waals surface area contributed by atoms with Crippen molar-refractivity contribution >= 4 is 22.9 Å². The molecule has 0 atom stereocenters. The van der Waals surface area contributed by atoms with Gasteiger partial charge in [-0.15, -0.1) is 0 Å². The molecule has 0 bridgehead atoms. The second-order valence-corrected chi connectivity index (χ2v) is 3.79. The van der Waals surface area contributed by atoms with Gasteiger partial charge in [-0.3, -0.25) is 4.90 Å². The SMILES string of the molecule is CC(C)N1CN(I)C1. The van der Waals surface area contributed by atoms with E-state index in [1.165, 1.54) is 0 Å². The van der Waals surface area contributed by atoms with Crippen molar-refractivity contribution in [2.45, 2.75) is 19.9 Å². The number of hydrogen-bond donors (Lipinski definition) is 0. The normalized spacial score (nSPS) is 24.0. The van der Waals surface area contributed by atoms with Crippen molar-refractivity contribution in [3.05, 3.63) is 0 Å². The minimum atomic E-state index is 0.723. The molecular weight excluding hydrogens is 215 g/mol. The van der Waals surface area contributed by atoms with Crippen LogP contribution in [0.5, 0.6) is 0 Å². The molecule has 1 aliphatic heterocycles. The van der Waals surface area contributed by atoms with E-state index in [-0.39, 0.29) is 0 Å². The van der Waals surface area contributed by atoms with Crippen LogP contribution in [0.1, 0.15) is 13.8 Å². The van der Waals surface area contributed by atoms with Gasteiger partial charge in [0.05, 0.1) is 13.3 Å². The van der Waals surface area contributed by atoms with E-state index in [0.29, 0.717) is 0 Å². The van der Waals surface area contributed by atoms with E-state index in [1.54, 1.807) is 0 Å². The van der Waals surface area contributed by atoms with E-state index in [2.05, 4.69) is 44.7 Å². The third-order valence-electron chi connectivity index (χ3n) is 1.40. The number of halogens is 1. The van der Waals surface area contributed by atoms with Crippen LogP contribution in [-0.4, -0.2) is 27.4 Å². The summed E-state index contributed by atoms with van der Waals surface area (Å²) in [6.07, 6.45) is 0. The lowest BCUT2D eigenvalue weighted by atomic mass is 10.3. The molecule has 1 rings (SSSR count). The highest BCUT2D eigenvalue weighted by Gasteiger charge is 2.22. The molecule has 0 radical (unpaired) electrons. The van der Waals surface area contributed by atoms with Gasteiger partial charge in [0.25, 0.3) is 0 Å². The van der Waals surface area contributed by atoms with Crippen LogP contribution in [-0.2, 0) is 0 Å². The molecule has 0 aromatic heterocycles. The molecule has 1 heterocycles. The molecule has 3 heteroatoms. The average Bonchev–Trinajstić information content (AvgIpc) is 1.57. The monoisotopic (exact) mass is 226 g/mol. The highest BCUT2D eigenvalue weighted by Crippen LogP contribution is 2.15. The molecule has 1 fully saturated rings. The van der Waals surface area contributed by atoms with Crippen LogP contribution in [0, 0.1) is 0 Å². The Hall–Kier alpha value is 0.650. The molecule has 0 saturated carbocycles. The number of nitrogens with zero attached hydrogens (tertiary/aromatic N) is 2. The van der Waals surface area contributed by atoms with Crippen molar-refractivity contribution in [3.8, 4) is 0 Å². The van der Waals surface area contributed by atoms with Gasteiger partial charge in [-0.2, -0.15) is 0 Å². The summed E-state index contributed by atoms with van der Waals surface area (Å²) in [5.74, 6) is 0. The molecule has 0 unspecified atom stereocenters. The predicted octanol–water partition coefficient (Wildman–Crippen LogP) is 1.28. The maximum Gasteiger partial charge on any atom is 0.0626 e.